The highest BCUT2D eigenvalue weighted by atomic mass is 16.6. The molecule has 3 aliphatic heterocycles. The maximum atomic E-state index is 14.6. The van der Waals surface area contributed by atoms with Crippen molar-refractivity contribution in [2.24, 2.45) is 17.8 Å². The van der Waals surface area contributed by atoms with Crippen molar-refractivity contribution in [2.75, 3.05) is 19.7 Å². The van der Waals surface area contributed by atoms with E-state index in [0.717, 1.165) is 5.56 Å². The van der Waals surface area contributed by atoms with Crippen LogP contribution >= 0.6 is 0 Å². The Balaban J connectivity index is 1.63. The number of nitrogens with one attached hydrogen (secondary N) is 1. The van der Waals surface area contributed by atoms with E-state index in [4.69, 9.17) is 9.47 Å². The largest absolute Gasteiger partial charge is 0.460 e. The number of amides is 3. The Labute approximate surface area is 260 Å². The molecule has 0 unspecified atom stereocenters. The van der Waals surface area contributed by atoms with Crippen molar-refractivity contribution in [3.8, 4) is 0 Å². The molecule has 3 heterocycles. The van der Waals surface area contributed by atoms with Crippen LogP contribution in [0.5, 0.6) is 0 Å². The second kappa shape index (κ2) is 14.5. The summed E-state index contributed by atoms with van der Waals surface area (Å²) in [5, 5.41) is 13.3. The Morgan fingerprint density at radius 1 is 1.20 bits per heavy atom. The van der Waals surface area contributed by atoms with Gasteiger partial charge in [-0.15, -0.1) is 13.2 Å². The fourth-order valence-corrected chi connectivity index (χ4v) is 7.11. The Kier molecular flexibility index (Phi) is 11.0. The van der Waals surface area contributed by atoms with Gasteiger partial charge in [0.1, 0.15) is 17.7 Å². The number of carbonyl (C=O) groups excluding carboxylic acids is 4. The summed E-state index contributed by atoms with van der Waals surface area (Å²) >= 11 is 0. The minimum atomic E-state index is -1.22. The first kappa shape index (κ1) is 33.4. The van der Waals surface area contributed by atoms with E-state index < -0.39 is 47.7 Å². The molecule has 0 aliphatic carbocycles. The molecule has 0 saturated carbocycles. The first-order valence-corrected chi connectivity index (χ1v) is 15.7. The maximum absolute atomic E-state index is 14.6. The number of aliphatic hydroxyl groups excluding tert-OH is 1. The van der Waals surface area contributed by atoms with Gasteiger partial charge in [-0.05, 0) is 44.1 Å². The average Bonchev–Trinajstić information content (AvgIpc) is 3.65. The third-order valence-corrected chi connectivity index (χ3v) is 8.95. The van der Waals surface area contributed by atoms with Crippen LogP contribution in [0, 0.1) is 17.8 Å². The molecule has 0 radical (unpaired) electrons. The Bertz CT molecular complexity index is 1220. The van der Waals surface area contributed by atoms with Crippen molar-refractivity contribution in [3.63, 3.8) is 0 Å². The van der Waals surface area contributed by atoms with E-state index in [9.17, 15) is 24.3 Å². The molecule has 240 valence electrons. The molecule has 3 saturated heterocycles. The zero-order chi connectivity index (χ0) is 32.0. The molecule has 2 bridgehead atoms. The van der Waals surface area contributed by atoms with Gasteiger partial charge in [-0.2, -0.15) is 0 Å². The number of hydrogen-bond acceptors (Lipinski definition) is 7. The van der Waals surface area contributed by atoms with E-state index in [1.165, 1.54) is 4.90 Å². The molecule has 0 aromatic heterocycles. The SMILES string of the molecule is C=CCCC(=O)NC[C@H](C)OC(=O)[C@@H]1[C@H]2C(=O)N([C@@H](CO)CC(C)C)[C@H](C(=O)N(CC=C)Cc3ccccc3)[C@]23CC[C@H]1O3. The van der Waals surface area contributed by atoms with Crippen LogP contribution in [0.25, 0.3) is 0 Å². The van der Waals surface area contributed by atoms with Crippen molar-refractivity contribution in [2.45, 2.75) is 89.3 Å². The van der Waals surface area contributed by atoms with Crippen LogP contribution in [-0.2, 0) is 35.2 Å². The monoisotopic (exact) mass is 609 g/mol. The lowest BCUT2D eigenvalue weighted by atomic mass is 9.70. The third kappa shape index (κ3) is 6.76. The van der Waals surface area contributed by atoms with E-state index in [-0.39, 0.29) is 43.3 Å². The lowest BCUT2D eigenvalue weighted by Crippen LogP contribution is -2.58. The number of nitrogens with zero attached hydrogens (tertiary/aromatic N) is 2. The van der Waals surface area contributed by atoms with Crippen LogP contribution in [-0.4, -0.2) is 88.2 Å². The fraction of sp³-hybridized carbons (Fsp3) is 0.588. The molecule has 3 amide bonds. The third-order valence-electron chi connectivity index (χ3n) is 8.95. The number of aliphatic hydroxyl groups is 1. The highest BCUT2D eigenvalue weighted by molar-refractivity contribution is 5.98. The average molecular weight is 610 g/mol. The topological polar surface area (TPSA) is 125 Å². The number of fused-ring (bicyclic) bond motifs is 1. The highest BCUT2D eigenvalue weighted by Gasteiger charge is 2.75. The van der Waals surface area contributed by atoms with Crippen molar-refractivity contribution < 1.29 is 33.8 Å². The Morgan fingerprint density at radius 3 is 2.57 bits per heavy atom. The smallest absolute Gasteiger partial charge is 0.312 e. The maximum Gasteiger partial charge on any atom is 0.312 e. The molecule has 10 nitrogen and oxygen atoms in total. The van der Waals surface area contributed by atoms with Gasteiger partial charge in [-0.1, -0.05) is 56.3 Å². The number of rotatable bonds is 16. The van der Waals surface area contributed by atoms with Crippen LogP contribution < -0.4 is 5.32 Å². The molecule has 3 fully saturated rings. The summed E-state index contributed by atoms with van der Waals surface area (Å²) in [7, 11) is 0. The summed E-state index contributed by atoms with van der Waals surface area (Å²) in [6.07, 6.45) is 4.38. The number of benzene rings is 1. The van der Waals surface area contributed by atoms with Gasteiger partial charge in [0, 0.05) is 19.5 Å². The van der Waals surface area contributed by atoms with Crippen molar-refractivity contribution in [1.82, 2.24) is 15.1 Å². The van der Waals surface area contributed by atoms with E-state index in [0.29, 0.717) is 38.6 Å². The molecule has 2 N–H and O–H groups in total. The fourth-order valence-electron chi connectivity index (χ4n) is 7.11. The first-order chi connectivity index (χ1) is 21.1. The number of ether oxygens (including phenoxy) is 2. The quantitative estimate of drug-likeness (QED) is 0.218. The summed E-state index contributed by atoms with van der Waals surface area (Å²) in [5.74, 6) is -3.07. The lowest BCUT2D eigenvalue weighted by Gasteiger charge is -2.39. The second-order valence-electron chi connectivity index (χ2n) is 12.6. The predicted octanol–water partition coefficient (Wildman–Crippen LogP) is 3.00. The van der Waals surface area contributed by atoms with Gasteiger partial charge < -0.3 is 29.7 Å². The van der Waals surface area contributed by atoms with Gasteiger partial charge in [0.15, 0.2) is 0 Å². The normalized spacial score (nSPS) is 26.7. The molecular formula is C34H47N3O7. The molecule has 4 rings (SSSR count). The number of carbonyl (C=O) groups is 4. The second-order valence-corrected chi connectivity index (χ2v) is 12.6. The minimum absolute atomic E-state index is 0.133. The summed E-state index contributed by atoms with van der Waals surface area (Å²) in [6, 6.07) is 7.95. The molecule has 3 aliphatic rings. The van der Waals surface area contributed by atoms with Gasteiger partial charge in [0.25, 0.3) is 0 Å². The zero-order valence-electron chi connectivity index (χ0n) is 26.2. The summed E-state index contributed by atoms with van der Waals surface area (Å²) < 4.78 is 12.3. The number of hydrogen-bond donors (Lipinski definition) is 2. The zero-order valence-corrected chi connectivity index (χ0v) is 26.2. The van der Waals surface area contributed by atoms with Crippen LogP contribution in [0.15, 0.2) is 55.6 Å². The summed E-state index contributed by atoms with van der Waals surface area (Å²) in [6.45, 7) is 13.5. The van der Waals surface area contributed by atoms with Crippen LogP contribution in [0.4, 0.5) is 0 Å². The van der Waals surface area contributed by atoms with E-state index >= 15 is 0 Å². The predicted molar refractivity (Wildman–Crippen MR) is 165 cm³/mol. The first-order valence-electron chi connectivity index (χ1n) is 15.7. The summed E-state index contributed by atoms with van der Waals surface area (Å²) in [4.78, 5) is 57.8. The molecule has 7 atom stereocenters. The van der Waals surface area contributed by atoms with Gasteiger partial charge in [0.2, 0.25) is 17.7 Å². The van der Waals surface area contributed by atoms with Gasteiger partial charge in [0.05, 0.1) is 37.1 Å². The lowest BCUT2D eigenvalue weighted by molar-refractivity contribution is -0.160. The van der Waals surface area contributed by atoms with E-state index in [2.05, 4.69) is 18.5 Å². The van der Waals surface area contributed by atoms with E-state index in [1.54, 1.807) is 24.0 Å². The molecule has 44 heavy (non-hydrogen) atoms. The van der Waals surface area contributed by atoms with Crippen LogP contribution in [0.2, 0.25) is 0 Å². The van der Waals surface area contributed by atoms with Crippen molar-refractivity contribution in [3.05, 3.63) is 61.2 Å². The number of likely N-dealkylation sites (tertiary alicyclic amines) is 1. The summed E-state index contributed by atoms with van der Waals surface area (Å²) in [5.41, 5.74) is -0.289. The minimum Gasteiger partial charge on any atom is -0.460 e. The van der Waals surface area contributed by atoms with Crippen LogP contribution in [0.3, 0.4) is 0 Å². The Morgan fingerprint density at radius 2 is 1.93 bits per heavy atom. The van der Waals surface area contributed by atoms with Crippen molar-refractivity contribution in [1.29, 1.82) is 0 Å². The van der Waals surface area contributed by atoms with Gasteiger partial charge in [-0.25, -0.2) is 0 Å². The molecular weight excluding hydrogens is 562 g/mol. The highest BCUT2D eigenvalue weighted by Crippen LogP contribution is 2.59. The van der Waals surface area contributed by atoms with Crippen molar-refractivity contribution >= 4 is 23.7 Å². The van der Waals surface area contributed by atoms with Gasteiger partial charge >= 0.3 is 5.97 Å². The Hall–Kier alpha value is -3.50. The molecule has 1 aromatic carbocycles. The van der Waals surface area contributed by atoms with Crippen LogP contribution in [0.1, 0.15) is 58.4 Å². The standard InChI is InChI=1S/C34H47N3O7/c1-6-8-14-27(39)35-19-23(5)43-33(42)28-26-15-16-34(44-26)29(28)31(40)37(25(21-38)18-22(3)4)30(34)32(41)36(17-7-2)20-24-12-10-9-11-13-24/h6-7,9-13,22-23,25-26,28-30,38H,1-2,8,14-21H2,3-5H3,(H,35,39)/t23-,25+,26+,28-,29-,30+,34-/m0/s1. The van der Waals surface area contributed by atoms with Gasteiger partial charge in [-0.3, -0.25) is 19.2 Å². The number of esters is 1. The van der Waals surface area contributed by atoms with E-state index in [1.807, 2.05) is 44.2 Å². The number of allylic oxidation sites excluding steroid dienone is 1. The molecule has 1 aromatic rings. The molecule has 10 heteroatoms. The molecule has 1 spiro atoms.